The van der Waals surface area contributed by atoms with Crippen LogP contribution in [0.5, 0.6) is 0 Å². The van der Waals surface area contributed by atoms with E-state index in [-0.39, 0.29) is 5.91 Å². The van der Waals surface area contributed by atoms with Crippen molar-refractivity contribution >= 4 is 11.9 Å². The second-order valence-corrected chi connectivity index (χ2v) is 3.80. The normalized spacial score (nSPS) is 14.3. The molecular weight excluding hydrogens is 196 g/mol. The van der Waals surface area contributed by atoms with E-state index in [0.717, 1.165) is 6.42 Å². The second kappa shape index (κ2) is 6.40. The highest BCUT2D eigenvalue weighted by Gasteiger charge is 2.30. The molecule has 0 aliphatic rings. The third kappa shape index (κ3) is 5.37. The molecule has 1 unspecified atom stereocenters. The van der Waals surface area contributed by atoms with Crippen LogP contribution in [0.15, 0.2) is 0 Å². The number of rotatable bonds is 7. The molecule has 0 bridgehead atoms. The van der Waals surface area contributed by atoms with Crippen LogP contribution in [0.4, 0.5) is 0 Å². The Morgan fingerprint density at radius 1 is 1.33 bits per heavy atom. The van der Waals surface area contributed by atoms with Gasteiger partial charge in [0, 0.05) is 20.0 Å². The Morgan fingerprint density at radius 2 is 1.93 bits per heavy atom. The van der Waals surface area contributed by atoms with Crippen molar-refractivity contribution in [3.05, 3.63) is 0 Å². The number of aliphatic carboxylic acids is 1. The molecule has 0 saturated heterocycles. The molecule has 0 aromatic carbocycles. The summed E-state index contributed by atoms with van der Waals surface area (Å²) in [6, 6.07) is 0. The van der Waals surface area contributed by atoms with Gasteiger partial charge in [-0.05, 0) is 13.3 Å². The maximum atomic E-state index is 11.0. The van der Waals surface area contributed by atoms with Crippen molar-refractivity contribution in [3.8, 4) is 0 Å². The number of carboxylic acids is 1. The molecule has 15 heavy (non-hydrogen) atoms. The van der Waals surface area contributed by atoms with E-state index >= 15 is 0 Å². The summed E-state index contributed by atoms with van der Waals surface area (Å²) in [5.74, 6) is -0.962. The summed E-state index contributed by atoms with van der Waals surface area (Å²) in [6.07, 6.45) is 1.37. The SMILES string of the molecule is CCCC(C)(NCCNC(C)=O)C(=O)O. The van der Waals surface area contributed by atoms with Crippen LogP contribution in [0.2, 0.25) is 0 Å². The molecule has 0 spiro atoms. The summed E-state index contributed by atoms with van der Waals surface area (Å²) in [5.41, 5.74) is -0.896. The molecule has 0 fully saturated rings. The van der Waals surface area contributed by atoms with Crippen LogP contribution < -0.4 is 10.6 Å². The monoisotopic (exact) mass is 216 g/mol. The zero-order chi connectivity index (χ0) is 11.9. The van der Waals surface area contributed by atoms with Gasteiger partial charge in [0.05, 0.1) is 0 Å². The van der Waals surface area contributed by atoms with Gasteiger partial charge in [-0.15, -0.1) is 0 Å². The molecule has 1 atom stereocenters. The van der Waals surface area contributed by atoms with Crippen molar-refractivity contribution in [1.29, 1.82) is 0 Å². The lowest BCUT2D eigenvalue weighted by atomic mass is 9.96. The topological polar surface area (TPSA) is 78.4 Å². The Hall–Kier alpha value is -1.10. The second-order valence-electron chi connectivity index (χ2n) is 3.80. The molecule has 5 nitrogen and oxygen atoms in total. The summed E-state index contributed by atoms with van der Waals surface area (Å²) in [5, 5.41) is 14.6. The van der Waals surface area contributed by atoms with Crippen LogP contribution in [0.3, 0.4) is 0 Å². The lowest BCUT2D eigenvalue weighted by Gasteiger charge is -2.25. The first-order valence-corrected chi connectivity index (χ1v) is 5.15. The minimum atomic E-state index is -0.896. The van der Waals surface area contributed by atoms with E-state index in [9.17, 15) is 9.59 Å². The summed E-state index contributed by atoms with van der Waals surface area (Å²) >= 11 is 0. The number of nitrogens with one attached hydrogen (secondary N) is 2. The van der Waals surface area contributed by atoms with Gasteiger partial charge in [0.2, 0.25) is 5.91 Å². The molecule has 3 N–H and O–H groups in total. The standard InChI is InChI=1S/C10H20N2O3/c1-4-5-10(3,9(14)15)12-7-6-11-8(2)13/h12H,4-7H2,1-3H3,(H,11,13)(H,14,15). The predicted octanol–water partition coefficient (Wildman–Crippen LogP) is 0.356. The van der Waals surface area contributed by atoms with Gasteiger partial charge in [0.25, 0.3) is 0 Å². The number of carbonyl (C=O) groups is 2. The van der Waals surface area contributed by atoms with Crippen molar-refractivity contribution in [1.82, 2.24) is 10.6 Å². The number of hydrogen-bond acceptors (Lipinski definition) is 3. The molecule has 0 rings (SSSR count). The van der Waals surface area contributed by atoms with E-state index in [1.165, 1.54) is 6.92 Å². The van der Waals surface area contributed by atoms with E-state index in [4.69, 9.17) is 5.11 Å². The maximum Gasteiger partial charge on any atom is 0.323 e. The molecule has 0 heterocycles. The summed E-state index contributed by atoms with van der Waals surface area (Å²) in [6.45, 7) is 5.94. The van der Waals surface area contributed by atoms with Crippen molar-refractivity contribution < 1.29 is 14.7 Å². The number of carbonyl (C=O) groups excluding carboxylic acids is 1. The van der Waals surface area contributed by atoms with Crippen molar-refractivity contribution in [3.63, 3.8) is 0 Å². The van der Waals surface area contributed by atoms with Gasteiger partial charge in [0.1, 0.15) is 5.54 Å². The van der Waals surface area contributed by atoms with Crippen molar-refractivity contribution in [2.45, 2.75) is 39.2 Å². The Labute approximate surface area is 90.2 Å². The van der Waals surface area contributed by atoms with Gasteiger partial charge in [-0.3, -0.25) is 9.59 Å². The number of carboxylic acid groups (broad SMARTS) is 1. The number of hydrogen-bond donors (Lipinski definition) is 3. The highest BCUT2D eigenvalue weighted by Crippen LogP contribution is 2.11. The average Bonchev–Trinajstić information content (AvgIpc) is 2.12. The Balaban J connectivity index is 3.97. The lowest BCUT2D eigenvalue weighted by molar-refractivity contribution is -0.144. The van der Waals surface area contributed by atoms with E-state index in [1.807, 2.05) is 6.92 Å². The molecule has 5 heteroatoms. The zero-order valence-electron chi connectivity index (χ0n) is 9.59. The van der Waals surface area contributed by atoms with E-state index in [2.05, 4.69) is 10.6 Å². The van der Waals surface area contributed by atoms with Crippen molar-refractivity contribution in [2.24, 2.45) is 0 Å². The maximum absolute atomic E-state index is 11.0. The molecular formula is C10H20N2O3. The Bertz CT molecular complexity index is 231. The zero-order valence-corrected chi connectivity index (χ0v) is 9.59. The average molecular weight is 216 g/mol. The molecule has 1 amide bonds. The van der Waals surface area contributed by atoms with Gasteiger partial charge in [-0.2, -0.15) is 0 Å². The molecule has 0 aliphatic heterocycles. The molecule has 0 aromatic heterocycles. The van der Waals surface area contributed by atoms with Gasteiger partial charge < -0.3 is 15.7 Å². The Kier molecular flexibility index (Phi) is 5.93. The highest BCUT2D eigenvalue weighted by molar-refractivity contribution is 5.78. The molecule has 88 valence electrons. The van der Waals surface area contributed by atoms with Crippen LogP contribution in [0.1, 0.15) is 33.6 Å². The third-order valence-corrected chi connectivity index (χ3v) is 2.24. The van der Waals surface area contributed by atoms with E-state index in [0.29, 0.717) is 19.5 Å². The Morgan fingerprint density at radius 3 is 2.33 bits per heavy atom. The highest BCUT2D eigenvalue weighted by atomic mass is 16.4. The van der Waals surface area contributed by atoms with Gasteiger partial charge in [-0.25, -0.2) is 0 Å². The molecule has 0 aromatic rings. The fourth-order valence-electron chi connectivity index (χ4n) is 1.35. The molecule has 0 saturated carbocycles. The van der Waals surface area contributed by atoms with Crippen LogP contribution in [0, 0.1) is 0 Å². The fraction of sp³-hybridized carbons (Fsp3) is 0.800. The van der Waals surface area contributed by atoms with Gasteiger partial charge in [0.15, 0.2) is 0 Å². The first-order valence-electron chi connectivity index (χ1n) is 5.15. The third-order valence-electron chi connectivity index (χ3n) is 2.24. The van der Waals surface area contributed by atoms with Crippen LogP contribution >= 0.6 is 0 Å². The lowest BCUT2D eigenvalue weighted by Crippen LogP contribution is -2.51. The fourth-order valence-corrected chi connectivity index (χ4v) is 1.35. The van der Waals surface area contributed by atoms with Crippen LogP contribution in [-0.4, -0.2) is 35.6 Å². The smallest absolute Gasteiger partial charge is 0.323 e. The summed E-state index contributed by atoms with van der Waals surface area (Å²) in [7, 11) is 0. The molecule has 0 radical (unpaired) electrons. The minimum absolute atomic E-state index is 0.107. The van der Waals surface area contributed by atoms with Crippen molar-refractivity contribution in [2.75, 3.05) is 13.1 Å². The number of amides is 1. The first-order chi connectivity index (χ1) is 6.92. The summed E-state index contributed by atoms with van der Waals surface area (Å²) in [4.78, 5) is 21.6. The minimum Gasteiger partial charge on any atom is -0.480 e. The van der Waals surface area contributed by atoms with Gasteiger partial charge in [-0.1, -0.05) is 13.3 Å². The van der Waals surface area contributed by atoms with E-state index < -0.39 is 11.5 Å². The van der Waals surface area contributed by atoms with Crippen LogP contribution in [0.25, 0.3) is 0 Å². The van der Waals surface area contributed by atoms with Crippen LogP contribution in [-0.2, 0) is 9.59 Å². The first kappa shape index (κ1) is 13.9. The van der Waals surface area contributed by atoms with E-state index in [1.54, 1.807) is 6.92 Å². The predicted molar refractivity (Wildman–Crippen MR) is 57.6 cm³/mol. The van der Waals surface area contributed by atoms with Gasteiger partial charge >= 0.3 is 5.97 Å². The quantitative estimate of drug-likeness (QED) is 0.537. The largest absolute Gasteiger partial charge is 0.480 e. The summed E-state index contributed by atoms with van der Waals surface area (Å²) < 4.78 is 0. The molecule has 0 aliphatic carbocycles.